The molecule has 0 unspecified atom stereocenters. The van der Waals surface area contributed by atoms with Crippen LogP contribution >= 0.6 is 0 Å². The van der Waals surface area contributed by atoms with Crippen LogP contribution in [0.15, 0.2) is 48.5 Å². The van der Waals surface area contributed by atoms with Crippen LogP contribution in [0.5, 0.6) is 17.2 Å². The lowest BCUT2D eigenvalue weighted by atomic mass is 10.0. The lowest BCUT2D eigenvalue weighted by molar-refractivity contribution is -0.188. The molecule has 2 aliphatic heterocycles. The van der Waals surface area contributed by atoms with Gasteiger partial charge in [0, 0.05) is 32.0 Å². The van der Waals surface area contributed by atoms with Crippen LogP contribution in [0, 0.1) is 0 Å². The van der Waals surface area contributed by atoms with E-state index in [0.717, 1.165) is 0 Å². The van der Waals surface area contributed by atoms with E-state index in [2.05, 4.69) is 5.32 Å². The second kappa shape index (κ2) is 11.5. The van der Waals surface area contributed by atoms with E-state index < -0.39 is 17.7 Å². The molecule has 0 aromatic heterocycles. The van der Waals surface area contributed by atoms with Crippen molar-refractivity contribution in [1.29, 1.82) is 0 Å². The van der Waals surface area contributed by atoms with Crippen molar-refractivity contribution < 1.29 is 33.3 Å². The van der Waals surface area contributed by atoms with Crippen LogP contribution in [0.1, 0.15) is 30.0 Å². The lowest BCUT2D eigenvalue weighted by Crippen LogP contribution is -2.50. The number of carbonyl (C=O) groups is 2. The molecule has 2 aromatic carbocycles. The summed E-state index contributed by atoms with van der Waals surface area (Å²) in [7, 11) is 4.59. The van der Waals surface area contributed by atoms with E-state index in [1.165, 1.54) is 27.4 Å². The predicted octanol–water partition coefficient (Wildman–Crippen LogP) is 2.95. The van der Waals surface area contributed by atoms with Crippen molar-refractivity contribution in [3.05, 3.63) is 59.7 Å². The molecule has 36 heavy (non-hydrogen) atoms. The van der Waals surface area contributed by atoms with Gasteiger partial charge in [-0.1, -0.05) is 30.3 Å². The smallest absolute Gasteiger partial charge is 0.249 e. The number of methoxy groups -OCH3 is 3. The number of hydrogen-bond acceptors (Lipinski definition) is 7. The van der Waals surface area contributed by atoms with Crippen LogP contribution in [-0.4, -0.2) is 70.1 Å². The predicted molar refractivity (Wildman–Crippen MR) is 133 cm³/mol. The maximum Gasteiger partial charge on any atom is 0.249 e. The number of hydrogen-bond donors (Lipinski definition) is 1. The summed E-state index contributed by atoms with van der Waals surface area (Å²) in [5.74, 6) is 0.282. The van der Waals surface area contributed by atoms with E-state index >= 15 is 0 Å². The van der Waals surface area contributed by atoms with Gasteiger partial charge in [-0.2, -0.15) is 0 Å². The molecule has 1 N–H and O–H groups in total. The second-order valence-electron chi connectivity index (χ2n) is 8.58. The molecule has 0 aliphatic carbocycles. The Labute approximate surface area is 210 Å². The highest BCUT2D eigenvalue weighted by molar-refractivity contribution is 5.96. The maximum absolute atomic E-state index is 13.5. The topological polar surface area (TPSA) is 95.6 Å². The molecule has 0 saturated carbocycles. The second-order valence-corrected chi connectivity index (χ2v) is 8.58. The Morgan fingerprint density at radius 1 is 0.972 bits per heavy atom. The molecule has 2 heterocycles. The van der Waals surface area contributed by atoms with Gasteiger partial charge in [-0.25, -0.2) is 0 Å². The normalized spacial score (nSPS) is 17.7. The number of nitrogens with one attached hydrogen (secondary N) is 1. The van der Waals surface area contributed by atoms with Gasteiger partial charge >= 0.3 is 0 Å². The van der Waals surface area contributed by atoms with Crippen molar-refractivity contribution in [3.8, 4) is 17.2 Å². The summed E-state index contributed by atoms with van der Waals surface area (Å²) < 4.78 is 27.6. The Bertz CT molecular complexity index is 1060. The molecular formula is C27H32N2O7. The summed E-state index contributed by atoms with van der Waals surface area (Å²) in [5.41, 5.74) is 1.39. The number of carbonyl (C=O) groups excluding carboxylic acids is 2. The van der Waals surface area contributed by atoms with E-state index in [9.17, 15) is 9.59 Å². The van der Waals surface area contributed by atoms with Crippen LogP contribution in [0.2, 0.25) is 0 Å². The average Bonchev–Trinajstić information content (AvgIpc) is 3.38. The Balaban J connectivity index is 1.49. The number of piperidine rings is 1. The molecule has 4 rings (SSSR count). The van der Waals surface area contributed by atoms with E-state index in [0.29, 0.717) is 67.5 Å². The van der Waals surface area contributed by atoms with Crippen LogP contribution in [-0.2, 0) is 19.1 Å². The fourth-order valence-corrected chi connectivity index (χ4v) is 4.53. The Hall–Kier alpha value is -3.56. The molecule has 9 nitrogen and oxygen atoms in total. The summed E-state index contributed by atoms with van der Waals surface area (Å²) in [6.07, 6.45) is 4.23. The van der Waals surface area contributed by atoms with E-state index in [4.69, 9.17) is 23.7 Å². The number of ether oxygens (including phenoxy) is 5. The quantitative estimate of drug-likeness (QED) is 0.562. The first-order valence-electron chi connectivity index (χ1n) is 11.9. The van der Waals surface area contributed by atoms with Gasteiger partial charge in [-0.05, 0) is 29.3 Å². The fourth-order valence-electron chi connectivity index (χ4n) is 4.53. The summed E-state index contributed by atoms with van der Waals surface area (Å²) >= 11 is 0. The molecule has 2 aromatic rings. The number of rotatable bonds is 8. The maximum atomic E-state index is 13.5. The van der Waals surface area contributed by atoms with Crippen LogP contribution in [0.4, 0.5) is 0 Å². The lowest BCUT2D eigenvalue weighted by Gasteiger charge is -2.38. The molecular weight excluding hydrogens is 464 g/mol. The minimum Gasteiger partial charge on any atom is -0.493 e. The van der Waals surface area contributed by atoms with Gasteiger partial charge in [0.25, 0.3) is 0 Å². The number of benzene rings is 2. The fraction of sp³-hybridized carbons (Fsp3) is 0.407. The molecule has 0 radical (unpaired) electrons. The van der Waals surface area contributed by atoms with Crippen molar-refractivity contribution in [3.63, 3.8) is 0 Å². The van der Waals surface area contributed by atoms with Gasteiger partial charge in [0.1, 0.15) is 6.04 Å². The largest absolute Gasteiger partial charge is 0.493 e. The Kier molecular flexibility index (Phi) is 8.12. The molecule has 2 aliphatic rings. The van der Waals surface area contributed by atoms with Crippen LogP contribution < -0.4 is 19.5 Å². The minimum absolute atomic E-state index is 0.163. The van der Waals surface area contributed by atoms with Crippen molar-refractivity contribution in [2.75, 3.05) is 47.6 Å². The number of likely N-dealkylation sites (tertiary alicyclic amines) is 1. The zero-order valence-electron chi connectivity index (χ0n) is 20.8. The van der Waals surface area contributed by atoms with Crippen molar-refractivity contribution in [2.24, 2.45) is 0 Å². The summed E-state index contributed by atoms with van der Waals surface area (Å²) in [5, 5.41) is 2.87. The van der Waals surface area contributed by atoms with Gasteiger partial charge in [0.2, 0.25) is 17.6 Å². The van der Waals surface area contributed by atoms with Crippen LogP contribution in [0.3, 0.4) is 0 Å². The molecule has 9 heteroatoms. The van der Waals surface area contributed by atoms with Crippen LogP contribution in [0.25, 0.3) is 6.08 Å². The molecule has 1 atom stereocenters. The van der Waals surface area contributed by atoms with E-state index in [1.807, 2.05) is 30.3 Å². The van der Waals surface area contributed by atoms with E-state index in [1.54, 1.807) is 23.1 Å². The molecule has 2 fully saturated rings. The van der Waals surface area contributed by atoms with Gasteiger partial charge in [-0.15, -0.1) is 0 Å². The van der Waals surface area contributed by atoms with E-state index in [-0.39, 0.29) is 5.91 Å². The third-order valence-corrected chi connectivity index (χ3v) is 6.43. The first-order chi connectivity index (χ1) is 17.5. The van der Waals surface area contributed by atoms with Crippen molar-refractivity contribution in [2.45, 2.75) is 24.7 Å². The first kappa shape index (κ1) is 25.5. The summed E-state index contributed by atoms with van der Waals surface area (Å²) in [6.45, 7) is 2.16. The SMILES string of the molecule is COc1cc(/C=C/C(=O)N[C@@H](C(=O)N2CCC3(CC2)OCCO3)c2ccccc2)cc(OC)c1OC. The zero-order chi connectivity index (χ0) is 25.5. The summed E-state index contributed by atoms with van der Waals surface area (Å²) in [6, 6.07) is 11.9. The summed E-state index contributed by atoms with van der Waals surface area (Å²) in [4.78, 5) is 28.2. The van der Waals surface area contributed by atoms with Crippen molar-refractivity contribution in [1.82, 2.24) is 10.2 Å². The van der Waals surface area contributed by atoms with Gasteiger partial charge in [0.05, 0.1) is 34.5 Å². The third-order valence-electron chi connectivity index (χ3n) is 6.43. The van der Waals surface area contributed by atoms with Gasteiger partial charge in [-0.3, -0.25) is 9.59 Å². The highest BCUT2D eigenvalue weighted by atomic mass is 16.7. The Morgan fingerprint density at radius 2 is 1.58 bits per heavy atom. The van der Waals surface area contributed by atoms with Gasteiger partial charge < -0.3 is 33.9 Å². The Morgan fingerprint density at radius 3 is 2.14 bits per heavy atom. The molecule has 192 valence electrons. The highest BCUT2D eigenvalue weighted by Gasteiger charge is 2.42. The molecule has 2 saturated heterocycles. The van der Waals surface area contributed by atoms with Gasteiger partial charge in [0.15, 0.2) is 17.3 Å². The number of nitrogens with zero attached hydrogens (tertiary/aromatic N) is 1. The molecule has 2 amide bonds. The standard InChI is InChI=1S/C27H32N2O7/c1-32-21-17-19(18-22(33-2)25(21)34-3)9-10-23(30)28-24(20-7-5-4-6-8-20)26(31)29-13-11-27(12-14-29)35-15-16-36-27/h4-10,17-18,24H,11-16H2,1-3H3,(H,28,30)/b10-9+/t24-/m1/s1. The molecule has 1 spiro atoms. The highest BCUT2D eigenvalue weighted by Crippen LogP contribution is 2.38. The zero-order valence-corrected chi connectivity index (χ0v) is 20.8. The minimum atomic E-state index is -0.817. The van der Waals surface area contributed by atoms with Crippen molar-refractivity contribution >= 4 is 17.9 Å². The average molecular weight is 497 g/mol. The third kappa shape index (κ3) is 5.63. The molecule has 0 bridgehead atoms. The number of amides is 2. The first-order valence-corrected chi connectivity index (χ1v) is 11.9. The monoisotopic (exact) mass is 496 g/mol.